The first-order valence-electron chi connectivity index (χ1n) is 9.72. The van der Waals surface area contributed by atoms with Gasteiger partial charge in [-0.25, -0.2) is 0 Å². The first-order chi connectivity index (χ1) is 12.0. The van der Waals surface area contributed by atoms with Gasteiger partial charge in [0, 0.05) is 49.0 Å². The molecule has 0 aliphatic carbocycles. The Morgan fingerprint density at radius 2 is 2.16 bits per heavy atom. The molecule has 2 saturated heterocycles. The standard InChI is InChI=1S/C20H33N3O2/c1-4-8-22-10-7-20(15-24)6-5-9-23(19(20)14-22)13-18-11-17(16(2)25)12-21(18)3/h11-12,19,24H,4-10,13-15H2,1-3H3/t19-,20-/m1/s1. The Morgan fingerprint density at radius 1 is 1.36 bits per heavy atom. The van der Waals surface area contributed by atoms with Crippen molar-refractivity contribution in [2.24, 2.45) is 12.5 Å². The third-order valence-corrected chi connectivity index (χ3v) is 6.36. The molecule has 1 aromatic heterocycles. The fourth-order valence-electron chi connectivity index (χ4n) is 4.80. The Morgan fingerprint density at radius 3 is 2.80 bits per heavy atom. The largest absolute Gasteiger partial charge is 0.396 e. The minimum Gasteiger partial charge on any atom is -0.396 e. The summed E-state index contributed by atoms with van der Waals surface area (Å²) >= 11 is 0. The Labute approximate surface area is 151 Å². The van der Waals surface area contributed by atoms with Crippen molar-refractivity contribution < 1.29 is 9.90 Å². The number of nitrogens with zero attached hydrogens (tertiary/aromatic N) is 3. The van der Waals surface area contributed by atoms with Gasteiger partial charge in [-0.1, -0.05) is 6.92 Å². The van der Waals surface area contributed by atoms with Gasteiger partial charge in [-0.3, -0.25) is 9.69 Å². The number of ketones is 1. The van der Waals surface area contributed by atoms with Gasteiger partial charge in [0.25, 0.3) is 0 Å². The van der Waals surface area contributed by atoms with Crippen molar-refractivity contribution in [3.8, 4) is 0 Å². The number of rotatable bonds is 6. The maximum Gasteiger partial charge on any atom is 0.161 e. The molecule has 1 N–H and O–H groups in total. The molecule has 0 aromatic carbocycles. The van der Waals surface area contributed by atoms with Gasteiger partial charge < -0.3 is 14.6 Å². The lowest BCUT2D eigenvalue weighted by Crippen LogP contribution is -2.62. The number of aliphatic hydroxyl groups is 1. The van der Waals surface area contributed by atoms with Crippen molar-refractivity contribution in [3.05, 3.63) is 23.5 Å². The van der Waals surface area contributed by atoms with Crippen molar-refractivity contribution in [1.29, 1.82) is 0 Å². The van der Waals surface area contributed by atoms with E-state index in [4.69, 9.17) is 0 Å². The second-order valence-corrected chi connectivity index (χ2v) is 8.05. The van der Waals surface area contributed by atoms with Crippen LogP contribution in [0.25, 0.3) is 0 Å². The highest BCUT2D eigenvalue weighted by atomic mass is 16.3. The number of carbonyl (C=O) groups excluding carboxylic acids is 1. The molecule has 2 aliphatic heterocycles. The predicted molar refractivity (Wildman–Crippen MR) is 99.7 cm³/mol. The summed E-state index contributed by atoms with van der Waals surface area (Å²) in [6.07, 6.45) is 6.49. The fraction of sp³-hybridized carbons (Fsp3) is 0.750. The molecule has 0 saturated carbocycles. The van der Waals surface area contributed by atoms with Gasteiger partial charge in [-0.15, -0.1) is 0 Å². The first kappa shape index (κ1) is 18.6. The van der Waals surface area contributed by atoms with Gasteiger partial charge in [-0.2, -0.15) is 0 Å². The number of carbonyl (C=O) groups is 1. The van der Waals surface area contributed by atoms with Crippen molar-refractivity contribution in [2.45, 2.75) is 52.1 Å². The Balaban J connectivity index is 1.80. The lowest BCUT2D eigenvalue weighted by molar-refractivity contribution is -0.0796. The van der Waals surface area contributed by atoms with Crippen molar-refractivity contribution >= 4 is 5.78 Å². The van der Waals surface area contributed by atoms with Crippen LogP contribution < -0.4 is 0 Å². The van der Waals surface area contributed by atoms with Crippen LogP contribution in [0.4, 0.5) is 0 Å². The Kier molecular flexibility index (Phi) is 5.66. The molecule has 0 radical (unpaired) electrons. The number of aryl methyl sites for hydroxylation is 1. The molecule has 3 rings (SSSR count). The van der Waals surface area contributed by atoms with Crippen molar-refractivity contribution in [1.82, 2.24) is 14.4 Å². The molecule has 3 heterocycles. The van der Waals surface area contributed by atoms with Gasteiger partial charge in [0.05, 0.1) is 6.61 Å². The molecule has 5 nitrogen and oxygen atoms in total. The smallest absolute Gasteiger partial charge is 0.161 e. The summed E-state index contributed by atoms with van der Waals surface area (Å²) in [5, 5.41) is 10.2. The number of aliphatic hydroxyl groups excluding tert-OH is 1. The quantitative estimate of drug-likeness (QED) is 0.802. The first-order valence-corrected chi connectivity index (χ1v) is 9.72. The van der Waals surface area contributed by atoms with Gasteiger partial charge in [0.2, 0.25) is 0 Å². The number of aromatic nitrogens is 1. The second kappa shape index (κ2) is 7.60. The number of Topliss-reactive ketones (excluding diaryl/α,β-unsaturated/α-hetero) is 1. The fourth-order valence-corrected chi connectivity index (χ4v) is 4.80. The summed E-state index contributed by atoms with van der Waals surface area (Å²) in [5.41, 5.74) is 2.03. The maximum atomic E-state index is 11.7. The minimum atomic E-state index is 0.0526. The summed E-state index contributed by atoms with van der Waals surface area (Å²) in [4.78, 5) is 16.8. The average molecular weight is 348 g/mol. The van der Waals surface area contributed by atoms with Crippen LogP contribution in [0.15, 0.2) is 12.3 Å². The topological polar surface area (TPSA) is 48.7 Å². The van der Waals surface area contributed by atoms with E-state index in [-0.39, 0.29) is 11.2 Å². The third kappa shape index (κ3) is 3.69. The molecule has 140 valence electrons. The highest BCUT2D eigenvalue weighted by Gasteiger charge is 2.47. The van der Waals surface area contributed by atoms with E-state index < -0.39 is 0 Å². The summed E-state index contributed by atoms with van der Waals surface area (Å²) in [5.74, 6) is 0.122. The molecule has 5 heteroatoms. The van der Waals surface area contributed by atoms with Crippen LogP contribution in [-0.4, -0.2) is 64.1 Å². The molecule has 2 aliphatic rings. The van der Waals surface area contributed by atoms with Crippen LogP contribution in [-0.2, 0) is 13.6 Å². The van der Waals surface area contributed by atoms with Gasteiger partial charge in [-0.05, 0) is 58.3 Å². The lowest BCUT2D eigenvalue weighted by Gasteiger charge is -2.54. The van der Waals surface area contributed by atoms with E-state index in [1.807, 2.05) is 19.3 Å². The van der Waals surface area contributed by atoms with E-state index in [1.165, 1.54) is 12.1 Å². The molecule has 0 amide bonds. The second-order valence-electron chi connectivity index (χ2n) is 8.05. The van der Waals surface area contributed by atoms with Crippen molar-refractivity contribution in [3.63, 3.8) is 0 Å². The zero-order valence-electron chi connectivity index (χ0n) is 16.0. The van der Waals surface area contributed by atoms with Gasteiger partial charge >= 0.3 is 0 Å². The third-order valence-electron chi connectivity index (χ3n) is 6.36. The molecule has 25 heavy (non-hydrogen) atoms. The van der Waals surface area contributed by atoms with Gasteiger partial charge in [0.15, 0.2) is 5.78 Å². The summed E-state index contributed by atoms with van der Waals surface area (Å²) < 4.78 is 2.08. The Bertz CT molecular complexity index is 612. The number of fused-ring (bicyclic) bond motifs is 1. The average Bonchev–Trinajstić information content (AvgIpc) is 2.97. The SMILES string of the molecule is CCCN1CC[C@@]2(CO)CCCN(Cc3cc(C(C)=O)cn3C)[C@@H]2C1. The van der Waals surface area contributed by atoms with Crippen LogP contribution in [0.2, 0.25) is 0 Å². The predicted octanol–water partition coefficient (Wildman–Crippen LogP) is 2.29. The number of likely N-dealkylation sites (tertiary alicyclic amines) is 2. The molecular formula is C20H33N3O2. The van der Waals surface area contributed by atoms with Crippen LogP contribution in [0.3, 0.4) is 0 Å². The monoisotopic (exact) mass is 347 g/mol. The van der Waals surface area contributed by atoms with E-state index in [0.29, 0.717) is 12.6 Å². The Hall–Kier alpha value is -1.17. The van der Waals surface area contributed by atoms with E-state index >= 15 is 0 Å². The van der Waals surface area contributed by atoms with E-state index in [9.17, 15) is 9.90 Å². The van der Waals surface area contributed by atoms with Crippen molar-refractivity contribution in [2.75, 3.05) is 32.8 Å². The molecule has 2 fully saturated rings. The lowest BCUT2D eigenvalue weighted by atomic mass is 9.69. The van der Waals surface area contributed by atoms with E-state index in [0.717, 1.165) is 57.5 Å². The summed E-state index contributed by atoms with van der Waals surface area (Å²) in [6.45, 7) is 9.39. The molecule has 0 spiro atoms. The zero-order chi connectivity index (χ0) is 18.0. The number of piperidine rings is 2. The van der Waals surface area contributed by atoms with E-state index in [1.54, 1.807) is 6.92 Å². The minimum absolute atomic E-state index is 0.0526. The molecule has 1 aromatic rings. The highest BCUT2D eigenvalue weighted by Crippen LogP contribution is 2.42. The van der Waals surface area contributed by atoms with Crippen LogP contribution >= 0.6 is 0 Å². The van der Waals surface area contributed by atoms with E-state index in [2.05, 4.69) is 21.3 Å². The normalized spacial score (nSPS) is 28.1. The number of hydrogen-bond acceptors (Lipinski definition) is 4. The zero-order valence-corrected chi connectivity index (χ0v) is 16.0. The molecule has 2 atom stereocenters. The van der Waals surface area contributed by atoms with Crippen LogP contribution in [0, 0.1) is 5.41 Å². The van der Waals surface area contributed by atoms with Gasteiger partial charge in [0.1, 0.15) is 0 Å². The van der Waals surface area contributed by atoms with Crippen LogP contribution in [0.1, 0.15) is 55.6 Å². The molecule has 0 bridgehead atoms. The summed E-state index contributed by atoms with van der Waals surface area (Å²) in [6, 6.07) is 2.44. The molecule has 0 unspecified atom stereocenters. The maximum absolute atomic E-state index is 11.7. The summed E-state index contributed by atoms with van der Waals surface area (Å²) in [7, 11) is 2.02. The number of hydrogen-bond donors (Lipinski definition) is 1. The highest BCUT2D eigenvalue weighted by molar-refractivity contribution is 5.94. The van der Waals surface area contributed by atoms with Crippen LogP contribution in [0.5, 0.6) is 0 Å². The molecular weight excluding hydrogens is 314 g/mol.